The molecule has 0 spiro atoms. The van der Waals surface area contributed by atoms with E-state index in [9.17, 15) is 4.79 Å². The molecule has 4 aromatic rings. The summed E-state index contributed by atoms with van der Waals surface area (Å²) in [6.45, 7) is 0. The molecule has 0 saturated carbocycles. The van der Waals surface area contributed by atoms with Crippen LogP contribution in [-0.2, 0) is 0 Å². The van der Waals surface area contributed by atoms with Gasteiger partial charge >= 0.3 is 0 Å². The SMILES string of the molecule is O=C(c1ccc(-c2ccccc2)cc1)[C@H]1Oc2ccccc2[C@H]2CC(c3cccs3)=NN12. The first-order valence-electron chi connectivity index (χ1n) is 10.6. The molecule has 0 radical (unpaired) electrons. The minimum atomic E-state index is -0.782. The highest BCUT2D eigenvalue weighted by atomic mass is 32.1. The number of ketones is 1. The van der Waals surface area contributed by atoms with E-state index in [-0.39, 0.29) is 11.8 Å². The zero-order valence-electron chi connectivity index (χ0n) is 17.2. The van der Waals surface area contributed by atoms with Crippen LogP contribution in [0.5, 0.6) is 5.75 Å². The van der Waals surface area contributed by atoms with E-state index in [0.717, 1.165) is 39.4 Å². The maximum atomic E-state index is 13.6. The number of Topliss-reactive ketones (excluding diaryl/α,β-unsaturated/α-hetero) is 1. The van der Waals surface area contributed by atoms with E-state index >= 15 is 0 Å². The molecule has 0 aliphatic carbocycles. The summed E-state index contributed by atoms with van der Waals surface area (Å²) >= 11 is 1.67. The zero-order valence-corrected chi connectivity index (χ0v) is 18.0. The number of fused-ring (bicyclic) bond motifs is 3. The second-order valence-corrected chi connectivity index (χ2v) is 8.89. The van der Waals surface area contributed by atoms with Crippen LogP contribution in [0.15, 0.2) is 101 Å². The second kappa shape index (κ2) is 7.77. The Hall–Kier alpha value is -3.70. The molecule has 0 unspecified atom stereocenters. The number of hydrazone groups is 1. The zero-order chi connectivity index (χ0) is 21.5. The summed E-state index contributed by atoms with van der Waals surface area (Å²) in [6.07, 6.45) is -0.0209. The van der Waals surface area contributed by atoms with E-state index in [2.05, 4.69) is 29.6 Å². The lowest BCUT2D eigenvalue weighted by Gasteiger charge is -2.37. The molecule has 0 bridgehead atoms. The maximum Gasteiger partial charge on any atom is 0.251 e. The molecular formula is C27H20N2O2S. The molecule has 0 N–H and O–H groups in total. The number of carbonyl (C=O) groups is 1. The fraction of sp³-hybridized carbons (Fsp3) is 0.111. The van der Waals surface area contributed by atoms with Crippen molar-refractivity contribution in [1.29, 1.82) is 0 Å². The van der Waals surface area contributed by atoms with E-state index in [1.807, 2.05) is 71.7 Å². The van der Waals surface area contributed by atoms with Crippen LogP contribution >= 0.6 is 11.3 Å². The number of hydrogen-bond acceptors (Lipinski definition) is 5. The molecule has 156 valence electrons. The maximum absolute atomic E-state index is 13.6. The van der Waals surface area contributed by atoms with Gasteiger partial charge in [-0.1, -0.05) is 78.9 Å². The Bertz CT molecular complexity index is 1300. The summed E-state index contributed by atoms with van der Waals surface area (Å²) in [6, 6.07) is 29.9. The number of hydrogen-bond donors (Lipinski definition) is 0. The average molecular weight is 437 g/mol. The van der Waals surface area contributed by atoms with Crippen molar-refractivity contribution in [2.75, 3.05) is 0 Å². The number of benzene rings is 3. The van der Waals surface area contributed by atoms with Crippen LogP contribution in [0.25, 0.3) is 11.1 Å². The molecule has 5 heteroatoms. The van der Waals surface area contributed by atoms with Gasteiger partial charge in [-0.15, -0.1) is 11.3 Å². The number of thiophene rings is 1. The van der Waals surface area contributed by atoms with E-state index in [4.69, 9.17) is 9.84 Å². The average Bonchev–Trinajstić information content (AvgIpc) is 3.54. The molecule has 2 aliphatic heterocycles. The van der Waals surface area contributed by atoms with Gasteiger partial charge in [0.1, 0.15) is 5.75 Å². The number of carbonyl (C=O) groups excluding carboxylic acids is 1. The molecular weight excluding hydrogens is 416 g/mol. The lowest BCUT2D eigenvalue weighted by Crippen LogP contribution is -2.45. The van der Waals surface area contributed by atoms with Crippen molar-refractivity contribution in [2.45, 2.75) is 18.7 Å². The predicted molar refractivity (Wildman–Crippen MR) is 127 cm³/mol. The van der Waals surface area contributed by atoms with Crippen LogP contribution in [0, 0.1) is 0 Å². The number of para-hydroxylation sites is 1. The predicted octanol–water partition coefficient (Wildman–Crippen LogP) is 6.17. The highest BCUT2D eigenvalue weighted by Crippen LogP contribution is 2.43. The third-order valence-corrected chi connectivity index (χ3v) is 6.92. The summed E-state index contributed by atoms with van der Waals surface area (Å²) in [5.41, 5.74) is 4.90. The number of ether oxygens (including phenoxy) is 1. The van der Waals surface area contributed by atoms with Crippen LogP contribution in [0.3, 0.4) is 0 Å². The first-order valence-corrected chi connectivity index (χ1v) is 11.5. The molecule has 6 rings (SSSR count). The minimum absolute atomic E-state index is 0.00501. The lowest BCUT2D eigenvalue weighted by molar-refractivity contribution is -0.00455. The van der Waals surface area contributed by atoms with Gasteiger partial charge in [0.15, 0.2) is 0 Å². The molecule has 2 atom stereocenters. The fourth-order valence-electron chi connectivity index (χ4n) is 4.40. The Morgan fingerprint density at radius 2 is 1.62 bits per heavy atom. The Morgan fingerprint density at radius 3 is 2.41 bits per heavy atom. The van der Waals surface area contributed by atoms with Gasteiger partial charge in [-0.05, 0) is 28.6 Å². The van der Waals surface area contributed by atoms with Crippen LogP contribution in [-0.4, -0.2) is 22.7 Å². The largest absolute Gasteiger partial charge is 0.461 e. The number of nitrogens with zero attached hydrogens (tertiary/aromatic N) is 2. The third-order valence-electron chi connectivity index (χ3n) is 6.01. The summed E-state index contributed by atoms with van der Waals surface area (Å²) in [5.74, 6) is 0.677. The van der Waals surface area contributed by atoms with Gasteiger partial charge in [0.25, 0.3) is 6.23 Å². The van der Waals surface area contributed by atoms with E-state index in [1.54, 1.807) is 11.3 Å². The van der Waals surface area contributed by atoms with Crippen molar-refractivity contribution in [1.82, 2.24) is 5.01 Å². The summed E-state index contributed by atoms with van der Waals surface area (Å²) < 4.78 is 6.22. The molecule has 0 saturated heterocycles. The van der Waals surface area contributed by atoms with Gasteiger partial charge in [-0.3, -0.25) is 4.79 Å². The van der Waals surface area contributed by atoms with Crippen molar-refractivity contribution >= 4 is 22.8 Å². The van der Waals surface area contributed by atoms with Gasteiger partial charge in [0.2, 0.25) is 5.78 Å². The molecule has 0 amide bonds. The summed E-state index contributed by atoms with van der Waals surface area (Å²) in [7, 11) is 0. The summed E-state index contributed by atoms with van der Waals surface area (Å²) in [5, 5.41) is 8.76. The topological polar surface area (TPSA) is 41.9 Å². The third kappa shape index (κ3) is 3.22. The van der Waals surface area contributed by atoms with Gasteiger partial charge in [0, 0.05) is 17.5 Å². The monoisotopic (exact) mass is 436 g/mol. The molecule has 3 heterocycles. The first-order chi connectivity index (χ1) is 15.8. The highest BCUT2D eigenvalue weighted by Gasteiger charge is 2.43. The van der Waals surface area contributed by atoms with Crippen molar-refractivity contribution in [3.8, 4) is 16.9 Å². The van der Waals surface area contributed by atoms with Gasteiger partial charge in [-0.25, -0.2) is 5.01 Å². The van der Waals surface area contributed by atoms with Crippen molar-refractivity contribution in [3.05, 3.63) is 112 Å². The highest BCUT2D eigenvalue weighted by molar-refractivity contribution is 7.12. The Labute approximate surface area is 190 Å². The Kier molecular flexibility index (Phi) is 4.62. The standard InChI is InChI=1S/C27H20N2O2S/c30-26(20-14-12-19(13-15-20)18-7-2-1-3-8-18)27-29-23(21-9-4-5-10-24(21)31-27)17-22(28-29)25-11-6-16-32-25/h1-16,23,27H,17H2/t23-,27-/m1/s1. The van der Waals surface area contributed by atoms with Crippen LogP contribution in [0.2, 0.25) is 0 Å². The van der Waals surface area contributed by atoms with E-state index < -0.39 is 6.23 Å². The molecule has 2 aliphatic rings. The molecule has 32 heavy (non-hydrogen) atoms. The lowest BCUT2D eigenvalue weighted by atomic mass is 9.97. The van der Waals surface area contributed by atoms with E-state index in [1.165, 1.54) is 0 Å². The molecule has 0 fully saturated rings. The quantitative estimate of drug-likeness (QED) is 0.359. The Morgan fingerprint density at radius 1 is 0.875 bits per heavy atom. The number of rotatable bonds is 4. The summed E-state index contributed by atoms with van der Waals surface area (Å²) in [4.78, 5) is 14.7. The van der Waals surface area contributed by atoms with Crippen molar-refractivity contribution in [3.63, 3.8) is 0 Å². The molecule has 1 aromatic heterocycles. The smallest absolute Gasteiger partial charge is 0.251 e. The molecule has 3 aromatic carbocycles. The normalized spacial score (nSPS) is 19.0. The minimum Gasteiger partial charge on any atom is -0.461 e. The van der Waals surface area contributed by atoms with Crippen LogP contribution in [0.4, 0.5) is 0 Å². The van der Waals surface area contributed by atoms with Crippen molar-refractivity contribution < 1.29 is 9.53 Å². The van der Waals surface area contributed by atoms with E-state index in [0.29, 0.717) is 5.56 Å². The van der Waals surface area contributed by atoms with Crippen LogP contribution in [0.1, 0.15) is 33.3 Å². The fourth-order valence-corrected chi connectivity index (χ4v) is 5.12. The second-order valence-electron chi connectivity index (χ2n) is 7.94. The Balaban J connectivity index is 1.35. The van der Waals surface area contributed by atoms with Gasteiger partial charge in [0.05, 0.1) is 16.6 Å². The van der Waals surface area contributed by atoms with Crippen molar-refractivity contribution in [2.24, 2.45) is 5.10 Å². The van der Waals surface area contributed by atoms with Gasteiger partial charge < -0.3 is 4.74 Å². The van der Waals surface area contributed by atoms with Crippen LogP contribution < -0.4 is 4.74 Å². The first kappa shape index (κ1) is 19.0. The molecule has 4 nitrogen and oxygen atoms in total. The van der Waals surface area contributed by atoms with Gasteiger partial charge in [-0.2, -0.15) is 5.10 Å².